The number of rotatable bonds is 6. The number of carbonyl (C=O) groups is 3. The summed E-state index contributed by atoms with van der Waals surface area (Å²) in [6.45, 7) is 2.41. The maximum Gasteiger partial charge on any atom is 0.315 e. The number of pyridine rings is 1. The second-order valence-electron chi connectivity index (χ2n) is 7.89. The molecule has 1 aliphatic rings. The van der Waals surface area contributed by atoms with Gasteiger partial charge >= 0.3 is 5.97 Å². The predicted octanol–water partition coefficient (Wildman–Crippen LogP) is 1.75. The van der Waals surface area contributed by atoms with Crippen molar-refractivity contribution in [1.29, 1.82) is 0 Å². The van der Waals surface area contributed by atoms with Gasteiger partial charge in [0.1, 0.15) is 17.1 Å². The molecule has 0 radical (unpaired) electrons. The molecule has 4 heterocycles. The third-order valence-corrected chi connectivity index (χ3v) is 5.38. The lowest BCUT2D eigenvalue weighted by Gasteiger charge is -2.10. The number of amides is 2. The van der Waals surface area contributed by atoms with Crippen LogP contribution < -0.4 is 15.4 Å². The first-order chi connectivity index (χ1) is 16.5. The van der Waals surface area contributed by atoms with Crippen LogP contribution in [0.5, 0.6) is 5.75 Å². The second-order valence-corrected chi connectivity index (χ2v) is 7.89. The molecule has 0 atom stereocenters. The lowest BCUT2D eigenvalue weighted by atomic mass is 10.1. The van der Waals surface area contributed by atoms with Crippen molar-refractivity contribution >= 4 is 23.4 Å². The molecule has 2 amide bonds. The van der Waals surface area contributed by atoms with Gasteiger partial charge in [-0.05, 0) is 42.3 Å². The summed E-state index contributed by atoms with van der Waals surface area (Å²) in [6, 6.07) is 12.1. The van der Waals surface area contributed by atoms with Gasteiger partial charge in [-0.1, -0.05) is 6.07 Å². The minimum absolute atomic E-state index is 0.0950. The lowest BCUT2D eigenvalue weighted by molar-refractivity contribution is -0.131. The van der Waals surface area contributed by atoms with Crippen LogP contribution in [0.2, 0.25) is 0 Å². The molecule has 0 unspecified atom stereocenters. The monoisotopic (exact) mass is 456 g/mol. The number of nitrogens with one attached hydrogen (secondary N) is 2. The predicted molar refractivity (Wildman–Crippen MR) is 120 cm³/mol. The molecule has 0 saturated carbocycles. The van der Waals surface area contributed by atoms with E-state index in [1.165, 1.54) is 16.8 Å². The molecule has 0 spiro atoms. The molecule has 0 saturated heterocycles. The Labute approximate surface area is 194 Å². The van der Waals surface area contributed by atoms with Gasteiger partial charge in [-0.2, -0.15) is 5.10 Å². The zero-order valence-corrected chi connectivity index (χ0v) is 18.2. The number of aromatic nitrogens is 4. The zero-order valence-electron chi connectivity index (χ0n) is 18.2. The van der Waals surface area contributed by atoms with Crippen LogP contribution in [0.1, 0.15) is 43.4 Å². The molecule has 0 aliphatic carbocycles. The first-order valence-corrected chi connectivity index (χ1v) is 10.6. The van der Waals surface area contributed by atoms with Gasteiger partial charge in [0.2, 0.25) is 0 Å². The van der Waals surface area contributed by atoms with E-state index in [4.69, 9.17) is 4.74 Å². The van der Waals surface area contributed by atoms with Crippen molar-refractivity contribution in [2.45, 2.75) is 26.4 Å². The third kappa shape index (κ3) is 4.33. The van der Waals surface area contributed by atoms with Gasteiger partial charge in [-0.15, -0.1) is 0 Å². The first-order valence-electron chi connectivity index (χ1n) is 10.6. The van der Waals surface area contributed by atoms with Crippen LogP contribution in [-0.2, 0) is 24.3 Å². The summed E-state index contributed by atoms with van der Waals surface area (Å²) in [7, 11) is 0. The number of esters is 1. The topological polar surface area (TPSA) is 128 Å². The van der Waals surface area contributed by atoms with Gasteiger partial charge in [0.25, 0.3) is 11.8 Å². The molecule has 3 aromatic heterocycles. The fraction of sp³-hybridized carbons (Fsp3) is 0.167. The van der Waals surface area contributed by atoms with Gasteiger partial charge in [-0.25, -0.2) is 9.50 Å². The number of aryl methyl sites for hydroxylation is 1. The van der Waals surface area contributed by atoms with E-state index in [9.17, 15) is 14.4 Å². The van der Waals surface area contributed by atoms with Gasteiger partial charge in [0.15, 0.2) is 5.65 Å². The van der Waals surface area contributed by atoms with E-state index in [-0.39, 0.29) is 36.2 Å². The van der Waals surface area contributed by atoms with Crippen LogP contribution in [0.25, 0.3) is 5.65 Å². The Hall–Kier alpha value is -4.60. The third-order valence-electron chi connectivity index (χ3n) is 5.38. The van der Waals surface area contributed by atoms with Crippen molar-refractivity contribution < 1.29 is 19.1 Å². The Bertz CT molecular complexity index is 1440. The normalized spacial score (nSPS) is 12.3. The number of hydrogen-bond donors (Lipinski definition) is 2. The summed E-state index contributed by atoms with van der Waals surface area (Å²) in [5.74, 6) is -0.567. The van der Waals surface area contributed by atoms with Gasteiger partial charge < -0.3 is 15.4 Å². The average molecular weight is 456 g/mol. The zero-order chi connectivity index (χ0) is 23.7. The number of benzene rings is 1. The SMILES string of the molecule is Cc1cc(CNC(=O)c2cc(C(=O)NCc3ccc4c(c3)CC(=O)O4)nc3ccnn23)ccn1. The molecular formula is C24H20N6O4. The molecule has 5 rings (SSSR count). The van der Waals surface area contributed by atoms with E-state index >= 15 is 0 Å². The van der Waals surface area contributed by atoms with E-state index in [2.05, 4.69) is 25.7 Å². The minimum atomic E-state index is -0.435. The van der Waals surface area contributed by atoms with Crippen molar-refractivity contribution in [3.63, 3.8) is 0 Å². The molecule has 0 bridgehead atoms. The van der Waals surface area contributed by atoms with Crippen LogP contribution in [0.3, 0.4) is 0 Å². The van der Waals surface area contributed by atoms with E-state index in [1.807, 2.05) is 25.1 Å². The van der Waals surface area contributed by atoms with E-state index < -0.39 is 5.91 Å². The Morgan fingerprint density at radius 1 is 1.00 bits per heavy atom. The fourth-order valence-corrected chi connectivity index (χ4v) is 3.75. The highest BCUT2D eigenvalue weighted by atomic mass is 16.5. The van der Waals surface area contributed by atoms with E-state index in [0.717, 1.165) is 22.4 Å². The van der Waals surface area contributed by atoms with Gasteiger partial charge in [0.05, 0.1) is 12.6 Å². The highest BCUT2D eigenvalue weighted by molar-refractivity contribution is 5.98. The minimum Gasteiger partial charge on any atom is -0.426 e. The van der Waals surface area contributed by atoms with Crippen molar-refractivity contribution in [2.75, 3.05) is 0 Å². The number of nitrogens with zero attached hydrogens (tertiary/aromatic N) is 4. The molecule has 1 aromatic carbocycles. The van der Waals surface area contributed by atoms with Crippen LogP contribution in [-0.4, -0.2) is 37.4 Å². The molecule has 10 heteroatoms. The Balaban J connectivity index is 1.31. The molecule has 1 aliphatic heterocycles. The Kier molecular flexibility index (Phi) is 5.46. The number of ether oxygens (including phenoxy) is 1. The number of carbonyl (C=O) groups excluding carboxylic acids is 3. The Morgan fingerprint density at radius 2 is 1.79 bits per heavy atom. The van der Waals surface area contributed by atoms with E-state index in [1.54, 1.807) is 24.4 Å². The van der Waals surface area contributed by atoms with Crippen molar-refractivity contribution in [1.82, 2.24) is 30.2 Å². The molecule has 0 fully saturated rings. The molecule has 170 valence electrons. The maximum atomic E-state index is 12.9. The summed E-state index contributed by atoms with van der Waals surface area (Å²) in [5.41, 5.74) is 4.04. The van der Waals surface area contributed by atoms with Crippen LogP contribution in [0.15, 0.2) is 54.9 Å². The fourth-order valence-electron chi connectivity index (χ4n) is 3.75. The first kappa shape index (κ1) is 21.3. The molecule has 2 N–H and O–H groups in total. The quantitative estimate of drug-likeness (QED) is 0.334. The maximum absolute atomic E-state index is 12.9. The molecule has 4 aromatic rings. The standard InChI is InChI=1S/C24H20N6O4/c1-14-8-16(4-6-25-14)13-27-24(33)19-11-18(29-21-5-7-28-30(19)21)23(32)26-12-15-2-3-20-17(9-15)10-22(31)34-20/h2-9,11H,10,12-13H2,1H3,(H,26,32)(H,27,33). The Morgan fingerprint density at radius 3 is 2.62 bits per heavy atom. The average Bonchev–Trinajstić information content (AvgIpc) is 3.45. The highest BCUT2D eigenvalue weighted by Gasteiger charge is 2.21. The highest BCUT2D eigenvalue weighted by Crippen LogP contribution is 2.26. The van der Waals surface area contributed by atoms with Crippen LogP contribution >= 0.6 is 0 Å². The molecule has 10 nitrogen and oxygen atoms in total. The summed E-state index contributed by atoms with van der Waals surface area (Å²) in [6.07, 6.45) is 3.41. The summed E-state index contributed by atoms with van der Waals surface area (Å²) in [5, 5.41) is 9.81. The van der Waals surface area contributed by atoms with Crippen LogP contribution in [0.4, 0.5) is 0 Å². The second kappa shape index (κ2) is 8.74. The van der Waals surface area contributed by atoms with Crippen molar-refractivity contribution in [2.24, 2.45) is 0 Å². The van der Waals surface area contributed by atoms with Gasteiger partial charge in [-0.3, -0.25) is 19.4 Å². The van der Waals surface area contributed by atoms with E-state index in [0.29, 0.717) is 17.9 Å². The lowest BCUT2D eigenvalue weighted by Crippen LogP contribution is -2.28. The smallest absolute Gasteiger partial charge is 0.315 e. The summed E-state index contributed by atoms with van der Waals surface area (Å²) in [4.78, 5) is 45.7. The van der Waals surface area contributed by atoms with Gasteiger partial charge in [0, 0.05) is 42.7 Å². The number of hydrogen-bond acceptors (Lipinski definition) is 7. The summed E-state index contributed by atoms with van der Waals surface area (Å²) >= 11 is 0. The van der Waals surface area contributed by atoms with Crippen LogP contribution in [0, 0.1) is 6.92 Å². The van der Waals surface area contributed by atoms with Crippen molar-refractivity contribution in [3.8, 4) is 5.75 Å². The van der Waals surface area contributed by atoms with Crippen molar-refractivity contribution in [3.05, 3.63) is 88.6 Å². The largest absolute Gasteiger partial charge is 0.426 e. The number of fused-ring (bicyclic) bond motifs is 2. The summed E-state index contributed by atoms with van der Waals surface area (Å²) < 4.78 is 6.48. The molecule has 34 heavy (non-hydrogen) atoms. The molecular weight excluding hydrogens is 436 g/mol.